The molecular formula is C35H35N3O9S. The molecule has 1 aromatic heterocycles. The van der Waals surface area contributed by atoms with Crippen LogP contribution < -0.4 is 33.8 Å². The van der Waals surface area contributed by atoms with Crippen LogP contribution in [0.2, 0.25) is 0 Å². The van der Waals surface area contributed by atoms with E-state index in [1.54, 1.807) is 25.1 Å². The van der Waals surface area contributed by atoms with Gasteiger partial charge in [0.2, 0.25) is 0 Å². The molecule has 0 saturated carbocycles. The number of thiazole rings is 1. The number of carbonyl (C=O) groups is 1. The van der Waals surface area contributed by atoms with Gasteiger partial charge in [0.1, 0.15) is 24.1 Å². The number of rotatable bonds is 13. The molecule has 0 radical (unpaired) electrons. The number of allylic oxidation sites excluding steroid dienone is 1. The predicted molar refractivity (Wildman–Crippen MR) is 180 cm³/mol. The van der Waals surface area contributed by atoms with Crippen molar-refractivity contribution < 1.29 is 33.4 Å². The summed E-state index contributed by atoms with van der Waals surface area (Å²) in [6.45, 7) is 3.95. The molecule has 1 aliphatic heterocycles. The van der Waals surface area contributed by atoms with Gasteiger partial charge in [0.15, 0.2) is 16.3 Å². The lowest BCUT2D eigenvalue weighted by molar-refractivity contribution is -0.385. The second-order valence-corrected chi connectivity index (χ2v) is 11.6. The molecule has 250 valence electrons. The van der Waals surface area contributed by atoms with Crippen LogP contribution in [0.4, 0.5) is 5.69 Å². The maximum atomic E-state index is 14.3. The van der Waals surface area contributed by atoms with Crippen molar-refractivity contribution in [1.82, 2.24) is 4.57 Å². The number of hydrogen-bond acceptors (Lipinski definition) is 11. The first-order chi connectivity index (χ1) is 23.2. The Kier molecular flexibility index (Phi) is 10.6. The van der Waals surface area contributed by atoms with Crippen LogP contribution in [0.15, 0.2) is 81.7 Å². The average molecular weight is 674 g/mol. The van der Waals surface area contributed by atoms with Gasteiger partial charge in [0.25, 0.3) is 11.2 Å². The Morgan fingerprint density at radius 1 is 1.00 bits per heavy atom. The molecule has 0 fully saturated rings. The van der Waals surface area contributed by atoms with Gasteiger partial charge in [0.05, 0.1) is 60.3 Å². The summed E-state index contributed by atoms with van der Waals surface area (Å²) in [4.78, 5) is 44.7. The second kappa shape index (κ2) is 15.0. The molecule has 0 spiro atoms. The number of fused-ring (bicyclic) bond motifs is 1. The third-order valence-corrected chi connectivity index (χ3v) is 8.64. The molecule has 48 heavy (non-hydrogen) atoms. The summed E-state index contributed by atoms with van der Waals surface area (Å²) in [6, 6.07) is 16.3. The molecule has 12 nitrogen and oxygen atoms in total. The summed E-state index contributed by atoms with van der Waals surface area (Å²) in [6.07, 6.45) is 2.54. The largest absolute Gasteiger partial charge is 0.497 e. The van der Waals surface area contributed by atoms with Crippen molar-refractivity contribution in [1.29, 1.82) is 0 Å². The second-order valence-electron chi connectivity index (χ2n) is 10.6. The summed E-state index contributed by atoms with van der Waals surface area (Å²) < 4.78 is 29.6. The average Bonchev–Trinajstić information content (AvgIpc) is 3.40. The zero-order chi connectivity index (χ0) is 34.4. The number of ether oxygens (including phenoxy) is 5. The van der Waals surface area contributed by atoms with Crippen molar-refractivity contribution in [3.05, 3.63) is 118 Å². The summed E-state index contributed by atoms with van der Waals surface area (Å²) in [5.74, 6) is 0.730. The first-order valence-corrected chi connectivity index (χ1v) is 16.0. The molecule has 13 heteroatoms. The van der Waals surface area contributed by atoms with Crippen molar-refractivity contribution in [2.75, 3.05) is 27.9 Å². The van der Waals surface area contributed by atoms with Crippen LogP contribution in [0, 0.1) is 10.1 Å². The van der Waals surface area contributed by atoms with Crippen LogP contribution in [0.1, 0.15) is 49.4 Å². The van der Waals surface area contributed by atoms with Crippen LogP contribution in [0.25, 0.3) is 6.08 Å². The zero-order valence-electron chi connectivity index (χ0n) is 27.2. The minimum atomic E-state index is -0.979. The van der Waals surface area contributed by atoms with Gasteiger partial charge in [-0.25, -0.2) is 9.79 Å². The van der Waals surface area contributed by atoms with E-state index < -0.39 is 22.5 Å². The third-order valence-electron chi connectivity index (χ3n) is 7.66. The molecule has 0 saturated heterocycles. The van der Waals surface area contributed by atoms with Gasteiger partial charge in [0, 0.05) is 5.56 Å². The highest BCUT2D eigenvalue weighted by atomic mass is 32.1. The van der Waals surface area contributed by atoms with Gasteiger partial charge in [-0.1, -0.05) is 55.0 Å². The number of nitro benzene ring substituents is 1. The minimum absolute atomic E-state index is 0.116. The molecular weight excluding hydrogens is 638 g/mol. The number of carbonyl (C=O) groups excluding carboxylic acids is 1. The number of esters is 1. The predicted octanol–water partition coefficient (Wildman–Crippen LogP) is 5.09. The fourth-order valence-corrected chi connectivity index (χ4v) is 6.47. The summed E-state index contributed by atoms with van der Waals surface area (Å²) in [5.41, 5.74) is 1.38. The number of aromatic nitrogens is 1. The van der Waals surface area contributed by atoms with Gasteiger partial charge in [-0.05, 0) is 49.2 Å². The quantitative estimate of drug-likeness (QED) is 0.108. The molecule has 0 bridgehead atoms. The van der Waals surface area contributed by atoms with Crippen molar-refractivity contribution in [3.8, 4) is 23.0 Å². The highest BCUT2D eigenvalue weighted by Crippen LogP contribution is 2.39. The lowest BCUT2D eigenvalue weighted by Gasteiger charge is -2.27. The highest BCUT2D eigenvalue weighted by molar-refractivity contribution is 7.07. The van der Waals surface area contributed by atoms with Gasteiger partial charge in [-0.15, -0.1) is 0 Å². The molecule has 1 atom stereocenters. The first-order valence-electron chi connectivity index (χ1n) is 15.2. The fourth-order valence-electron chi connectivity index (χ4n) is 5.46. The van der Waals surface area contributed by atoms with Crippen LogP contribution in [0.3, 0.4) is 0 Å². The molecule has 0 amide bonds. The van der Waals surface area contributed by atoms with E-state index in [-0.39, 0.29) is 46.1 Å². The topological polar surface area (TPSA) is 141 Å². The molecule has 4 aromatic rings. The lowest BCUT2D eigenvalue weighted by atomic mass is 9.93. The minimum Gasteiger partial charge on any atom is -0.497 e. The monoisotopic (exact) mass is 673 g/mol. The molecule has 2 heterocycles. The third kappa shape index (κ3) is 6.81. The zero-order valence-corrected chi connectivity index (χ0v) is 28.0. The Morgan fingerprint density at radius 3 is 2.40 bits per heavy atom. The number of methoxy groups -OCH3 is 3. The standard InChI is InChI=1S/C35H35N3O9S/c1-6-11-25-31(34(40)46-7-2)32(24-18-23(43-3)14-15-27(24)44-4)37-33(39)30(48-35(37)36-25)17-22-16-28(45-5)29(19-26(22)38(41)42)47-20-21-12-9-8-10-13-21/h8-10,12-19,32H,6-7,11,20H2,1-5H3/b30-17-/t32-/m1/s1. The van der Waals surface area contributed by atoms with Crippen LogP contribution >= 0.6 is 11.3 Å². The van der Waals surface area contributed by atoms with Gasteiger partial charge >= 0.3 is 5.97 Å². The Bertz CT molecular complexity index is 2050. The van der Waals surface area contributed by atoms with E-state index >= 15 is 0 Å². The maximum absolute atomic E-state index is 14.3. The molecule has 0 aliphatic carbocycles. The van der Waals surface area contributed by atoms with Crippen molar-refractivity contribution in [3.63, 3.8) is 0 Å². The lowest BCUT2D eigenvalue weighted by Crippen LogP contribution is -2.40. The normalized spacial score (nSPS) is 14.2. The number of nitrogens with zero attached hydrogens (tertiary/aromatic N) is 3. The van der Waals surface area contributed by atoms with E-state index in [1.165, 1.54) is 44.1 Å². The Morgan fingerprint density at radius 2 is 1.75 bits per heavy atom. The SMILES string of the molecule is CCCC1=C(C(=O)OCC)[C@@H](c2cc(OC)ccc2OC)n2c(s/c(=C\c3cc(OC)c(OCc4ccccc4)cc3[N+](=O)[O-])c2=O)=N1. The van der Waals surface area contributed by atoms with Crippen LogP contribution in [-0.4, -0.2) is 43.4 Å². The van der Waals surface area contributed by atoms with Crippen LogP contribution in [-0.2, 0) is 16.1 Å². The Balaban J connectivity index is 1.72. The highest BCUT2D eigenvalue weighted by Gasteiger charge is 2.36. The van der Waals surface area contributed by atoms with Gasteiger partial charge < -0.3 is 23.7 Å². The van der Waals surface area contributed by atoms with E-state index in [0.29, 0.717) is 40.4 Å². The van der Waals surface area contributed by atoms with E-state index in [1.807, 2.05) is 37.3 Å². The van der Waals surface area contributed by atoms with E-state index in [2.05, 4.69) is 0 Å². The molecule has 1 aliphatic rings. The summed E-state index contributed by atoms with van der Waals surface area (Å²) >= 11 is 1.06. The van der Waals surface area contributed by atoms with Crippen molar-refractivity contribution in [2.24, 2.45) is 4.99 Å². The first kappa shape index (κ1) is 33.9. The van der Waals surface area contributed by atoms with E-state index in [9.17, 15) is 19.7 Å². The molecule has 5 rings (SSSR count). The number of hydrogen-bond donors (Lipinski definition) is 0. The van der Waals surface area contributed by atoms with Crippen molar-refractivity contribution in [2.45, 2.75) is 39.3 Å². The van der Waals surface area contributed by atoms with Crippen LogP contribution in [0.5, 0.6) is 23.0 Å². The molecule has 0 N–H and O–H groups in total. The number of benzene rings is 3. The number of nitro groups is 1. The summed E-state index contributed by atoms with van der Waals surface area (Å²) in [5, 5.41) is 12.3. The smallest absolute Gasteiger partial charge is 0.338 e. The Labute approximate surface area is 280 Å². The van der Waals surface area contributed by atoms with E-state index in [4.69, 9.17) is 28.7 Å². The molecule has 0 unspecified atom stereocenters. The van der Waals surface area contributed by atoms with Gasteiger partial charge in [-0.3, -0.25) is 19.5 Å². The Hall–Kier alpha value is -5.43. The van der Waals surface area contributed by atoms with Gasteiger partial charge in [-0.2, -0.15) is 0 Å². The maximum Gasteiger partial charge on any atom is 0.338 e. The fraction of sp³-hybridized carbons (Fsp3) is 0.286. The molecule has 3 aromatic carbocycles. The van der Waals surface area contributed by atoms with E-state index in [0.717, 1.165) is 16.9 Å². The summed E-state index contributed by atoms with van der Waals surface area (Å²) in [7, 11) is 4.44. The van der Waals surface area contributed by atoms with Crippen molar-refractivity contribution >= 4 is 29.1 Å².